The lowest BCUT2D eigenvalue weighted by molar-refractivity contribution is -0.132. The van der Waals surface area contributed by atoms with Crippen molar-refractivity contribution in [3.05, 3.63) is 47.1 Å². The maximum atomic E-state index is 13.3. The van der Waals surface area contributed by atoms with E-state index in [4.69, 9.17) is 4.74 Å². The Labute approximate surface area is 210 Å². The van der Waals surface area contributed by atoms with Gasteiger partial charge in [-0.05, 0) is 51.0 Å². The molecule has 36 heavy (non-hydrogen) atoms. The van der Waals surface area contributed by atoms with Crippen LogP contribution in [0.3, 0.4) is 0 Å². The molecule has 3 aromatic heterocycles. The van der Waals surface area contributed by atoms with Crippen LogP contribution in [0.25, 0.3) is 21.3 Å². The minimum atomic E-state index is -1.04. The van der Waals surface area contributed by atoms with Gasteiger partial charge in [-0.3, -0.25) is 19.5 Å². The van der Waals surface area contributed by atoms with Gasteiger partial charge in [-0.15, -0.1) is 11.3 Å². The standard InChI is InChI=1S/C25H24N6O4S/c1-25(2)24(34)31(3)16-9-15-14(8-17(16)35-25)20(23(33)28-13-4-5-13)21(29-15)30-22(32)19-7-6-18(36-19)12-10-26-27-11-12/h6-11,13,29H,4-5H2,1-3H3,(H,26,27)(H,28,33)(H,30,32). The maximum absolute atomic E-state index is 13.3. The highest BCUT2D eigenvalue weighted by Gasteiger charge is 2.40. The Morgan fingerprint density at radius 1 is 1.22 bits per heavy atom. The van der Waals surface area contributed by atoms with Crippen molar-refractivity contribution in [3.63, 3.8) is 0 Å². The predicted octanol–water partition coefficient (Wildman–Crippen LogP) is 3.90. The minimum absolute atomic E-state index is 0.136. The van der Waals surface area contributed by atoms with E-state index >= 15 is 0 Å². The molecule has 0 atom stereocenters. The number of likely N-dealkylation sites (N-methyl/N-ethyl adjacent to an activating group) is 1. The first-order valence-electron chi connectivity index (χ1n) is 11.6. The summed E-state index contributed by atoms with van der Waals surface area (Å²) in [4.78, 5) is 45.3. The van der Waals surface area contributed by atoms with Crippen LogP contribution in [-0.2, 0) is 4.79 Å². The number of hydrogen-bond acceptors (Lipinski definition) is 6. The van der Waals surface area contributed by atoms with E-state index in [-0.39, 0.29) is 23.8 Å². The molecule has 6 rings (SSSR count). The number of ether oxygens (including phenoxy) is 1. The molecule has 4 heterocycles. The normalized spacial score (nSPS) is 16.5. The van der Waals surface area contributed by atoms with Crippen molar-refractivity contribution in [2.24, 2.45) is 0 Å². The smallest absolute Gasteiger partial charge is 0.270 e. The number of H-pyrrole nitrogens is 2. The molecule has 0 saturated heterocycles. The van der Waals surface area contributed by atoms with Gasteiger partial charge < -0.3 is 25.3 Å². The first-order chi connectivity index (χ1) is 17.2. The van der Waals surface area contributed by atoms with Crippen LogP contribution in [0.4, 0.5) is 11.5 Å². The number of hydrogen-bond donors (Lipinski definition) is 4. The van der Waals surface area contributed by atoms with Crippen LogP contribution in [0.2, 0.25) is 0 Å². The molecule has 0 bridgehead atoms. The van der Waals surface area contributed by atoms with Gasteiger partial charge in [0, 0.05) is 35.1 Å². The van der Waals surface area contributed by atoms with Crippen LogP contribution in [0.15, 0.2) is 36.7 Å². The average molecular weight is 505 g/mol. The summed E-state index contributed by atoms with van der Waals surface area (Å²) in [6.45, 7) is 3.42. The van der Waals surface area contributed by atoms with Crippen molar-refractivity contribution in [3.8, 4) is 16.2 Å². The fourth-order valence-electron chi connectivity index (χ4n) is 4.38. The Morgan fingerprint density at radius 3 is 2.75 bits per heavy atom. The highest BCUT2D eigenvalue weighted by Crippen LogP contribution is 2.42. The van der Waals surface area contributed by atoms with E-state index in [1.54, 1.807) is 56.4 Å². The summed E-state index contributed by atoms with van der Waals surface area (Å²) in [7, 11) is 1.69. The van der Waals surface area contributed by atoms with Crippen LogP contribution in [-0.4, -0.2) is 51.6 Å². The Bertz CT molecular complexity index is 1530. The van der Waals surface area contributed by atoms with Gasteiger partial charge in [-0.25, -0.2) is 0 Å². The number of carbonyl (C=O) groups is 3. The molecule has 2 aliphatic rings. The fourth-order valence-corrected chi connectivity index (χ4v) is 5.26. The van der Waals surface area contributed by atoms with Crippen molar-refractivity contribution in [2.45, 2.75) is 38.3 Å². The second kappa shape index (κ2) is 7.95. The number of nitrogens with one attached hydrogen (secondary N) is 4. The lowest BCUT2D eigenvalue weighted by atomic mass is 10.0. The van der Waals surface area contributed by atoms with Crippen LogP contribution < -0.4 is 20.3 Å². The maximum Gasteiger partial charge on any atom is 0.270 e. The van der Waals surface area contributed by atoms with Gasteiger partial charge in [-0.2, -0.15) is 5.10 Å². The number of nitrogens with zero attached hydrogens (tertiary/aromatic N) is 2. The van der Waals surface area contributed by atoms with Gasteiger partial charge in [0.15, 0.2) is 5.60 Å². The summed E-state index contributed by atoms with van der Waals surface area (Å²) in [6, 6.07) is 7.26. The highest BCUT2D eigenvalue weighted by molar-refractivity contribution is 7.17. The number of anilines is 2. The summed E-state index contributed by atoms with van der Waals surface area (Å²) < 4.78 is 6.01. The summed E-state index contributed by atoms with van der Waals surface area (Å²) in [5.41, 5.74) is 1.38. The van der Waals surface area contributed by atoms with Gasteiger partial charge in [0.05, 0.1) is 27.8 Å². The average Bonchev–Trinajstić information content (AvgIpc) is 3.22. The van der Waals surface area contributed by atoms with Gasteiger partial charge in [0.25, 0.3) is 17.7 Å². The van der Waals surface area contributed by atoms with Gasteiger partial charge in [-0.1, -0.05) is 0 Å². The molecule has 1 aliphatic carbocycles. The number of thiophene rings is 1. The van der Waals surface area contributed by atoms with E-state index in [0.29, 0.717) is 38.6 Å². The molecule has 4 N–H and O–H groups in total. The second-order valence-electron chi connectivity index (χ2n) is 9.57. The minimum Gasteiger partial charge on any atom is -0.476 e. The van der Waals surface area contributed by atoms with Crippen molar-refractivity contribution < 1.29 is 19.1 Å². The zero-order valence-electron chi connectivity index (χ0n) is 19.9. The van der Waals surface area contributed by atoms with E-state index in [1.807, 2.05) is 6.07 Å². The third-order valence-corrected chi connectivity index (χ3v) is 7.55. The molecule has 11 heteroatoms. The molecule has 1 saturated carbocycles. The number of carbonyl (C=O) groups excluding carboxylic acids is 3. The molecule has 184 valence electrons. The molecule has 1 fully saturated rings. The van der Waals surface area contributed by atoms with Crippen LogP contribution in [0.1, 0.15) is 46.7 Å². The molecule has 4 aromatic rings. The monoisotopic (exact) mass is 504 g/mol. The summed E-state index contributed by atoms with van der Waals surface area (Å²) >= 11 is 1.33. The third-order valence-electron chi connectivity index (χ3n) is 6.41. The summed E-state index contributed by atoms with van der Waals surface area (Å²) in [5.74, 6) is 0.00388. The Morgan fingerprint density at radius 2 is 2.03 bits per heavy atom. The second-order valence-corrected chi connectivity index (χ2v) is 10.7. The zero-order valence-corrected chi connectivity index (χ0v) is 20.7. The highest BCUT2D eigenvalue weighted by atomic mass is 32.1. The lowest BCUT2D eigenvalue weighted by Crippen LogP contribution is -2.50. The topological polar surface area (TPSA) is 132 Å². The SMILES string of the molecule is CN1C(=O)C(C)(C)Oc2cc3c(C(=O)NC4CC4)c(NC(=O)c4ccc(-c5cn[nH]c5)s4)[nH]c3cc21. The number of aromatic nitrogens is 3. The van der Waals surface area contributed by atoms with Crippen molar-refractivity contribution in [1.82, 2.24) is 20.5 Å². The quantitative estimate of drug-likeness (QED) is 0.327. The van der Waals surface area contributed by atoms with Gasteiger partial charge in [0.2, 0.25) is 0 Å². The predicted molar refractivity (Wildman–Crippen MR) is 137 cm³/mol. The summed E-state index contributed by atoms with van der Waals surface area (Å²) in [6.07, 6.45) is 5.32. The van der Waals surface area contributed by atoms with Crippen molar-refractivity contribution >= 4 is 51.5 Å². The first-order valence-corrected chi connectivity index (χ1v) is 12.4. The lowest BCUT2D eigenvalue weighted by Gasteiger charge is -2.36. The van der Waals surface area contributed by atoms with Crippen LogP contribution in [0.5, 0.6) is 5.75 Å². The van der Waals surface area contributed by atoms with Crippen LogP contribution in [0, 0.1) is 0 Å². The molecule has 0 unspecified atom stereocenters. The molecule has 10 nitrogen and oxygen atoms in total. The van der Waals surface area contributed by atoms with Crippen LogP contribution >= 0.6 is 11.3 Å². The number of fused-ring (bicyclic) bond motifs is 2. The van der Waals surface area contributed by atoms with E-state index in [2.05, 4.69) is 25.8 Å². The van der Waals surface area contributed by atoms with E-state index < -0.39 is 5.60 Å². The van der Waals surface area contributed by atoms with E-state index in [0.717, 1.165) is 23.3 Å². The fraction of sp³-hybridized carbons (Fsp3) is 0.280. The molecule has 3 amide bonds. The molecule has 1 aliphatic heterocycles. The van der Waals surface area contributed by atoms with E-state index in [1.165, 1.54) is 11.3 Å². The molecule has 0 radical (unpaired) electrons. The summed E-state index contributed by atoms with van der Waals surface area (Å²) in [5, 5.41) is 13.2. The van der Waals surface area contributed by atoms with Gasteiger partial charge in [0.1, 0.15) is 11.6 Å². The molecule has 1 aromatic carbocycles. The first kappa shape index (κ1) is 22.4. The molecular formula is C25H24N6O4S. The third kappa shape index (κ3) is 3.72. The Balaban J connectivity index is 1.40. The molecule has 0 spiro atoms. The number of rotatable bonds is 5. The van der Waals surface area contributed by atoms with Crippen molar-refractivity contribution in [1.29, 1.82) is 0 Å². The Kier molecular flexibility index (Phi) is 4.94. The van der Waals surface area contributed by atoms with Crippen molar-refractivity contribution in [2.75, 3.05) is 17.3 Å². The number of aromatic amines is 2. The molecular weight excluding hydrogens is 480 g/mol. The largest absolute Gasteiger partial charge is 0.476 e. The van der Waals surface area contributed by atoms with E-state index in [9.17, 15) is 14.4 Å². The number of amides is 3. The Hall–Kier alpha value is -4.12. The zero-order chi connectivity index (χ0) is 25.2. The van der Waals surface area contributed by atoms with Gasteiger partial charge >= 0.3 is 0 Å². The number of benzene rings is 1.